The third-order valence-electron chi connectivity index (χ3n) is 1.41. The van der Waals surface area contributed by atoms with E-state index >= 15 is 0 Å². The monoisotopic (exact) mass is 296 g/mol. The van der Waals surface area contributed by atoms with E-state index in [4.69, 9.17) is 5.11 Å². The molecule has 0 saturated heterocycles. The van der Waals surface area contributed by atoms with Gasteiger partial charge < -0.3 is 5.11 Å². The van der Waals surface area contributed by atoms with Crippen LogP contribution in [0.3, 0.4) is 0 Å². The molecule has 1 N–H and O–H groups in total. The molecular formula is C8H4BrF3N2O2. The molecule has 0 aliphatic rings. The van der Waals surface area contributed by atoms with E-state index in [0.717, 1.165) is 0 Å². The first-order chi connectivity index (χ1) is 7.30. The number of alkyl halides is 3. The molecule has 8 heteroatoms. The predicted molar refractivity (Wildman–Crippen MR) is 52.7 cm³/mol. The van der Waals surface area contributed by atoms with Gasteiger partial charge in [-0.05, 0) is 28.1 Å². The van der Waals surface area contributed by atoms with Crippen molar-refractivity contribution in [3.63, 3.8) is 0 Å². The fraction of sp³-hybridized carbons (Fsp3) is 0.125. The highest BCUT2D eigenvalue weighted by Crippen LogP contribution is 2.21. The summed E-state index contributed by atoms with van der Waals surface area (Å²) < 4.78 is 37.1. The molecule has 0 spiro atoms. The van der Waals surface area contributed by atoms with Crippen LogP contribution in [-0.2, 0) is 4.79 Å². The second kappa shape index (κ2) is 4.60. The van der Waals surface area contributed by atoms with Crippen molar-refractivity contribution in [2.24, 2.45) is 4.99 Å². The first-order valence-electron chi connectivity index (χ1n) is 3.81. The van der Waals surface area contributed by atoms with Crippen molar-refractivity contribution in [1.29, 1.82) is 0 Å². The van der Waals surface area contributed by atoms with E-state index in [-0.39, 0.29) is 5.82 Å². The van der Waals surface area contributed by atoms with Crippen LogP contribution < -0.4 is 0 Å². The zero-order chi connectivity index (χ0) is 12.3. The van der Waals surface area contributed by atoms with E-state index in [1.165, 1.54) is 18.3 Å². The third-order valence-corrected chi connectivity index (χ3v) is 1.88. The number of halogens is 4. The molecule has 0 bridgehead atoms. The van der Waals surface area contributed by atoms with Gasteiger partial charge in [0, 0.05) is 10.7 Å². The number of rotatable bonds is 2. The van der Waals surface area contributed by atoms with Crippen LogP contribution >= 0.6 is 15.9 Å². The number of hydrogen-bond donors (Lipinski definition) is 1. The molecule has 1 rings (SSSR count). The number of aliphatic carboxylic acids is 1. The lowest BCUT2D eigenvalue weighted by Crippen LogP contribution is -2.30. The number of aliphatic imine (C=N–C) groups is 1. The number of carbonyl (C=O) groups is 1. The zero-order valence-electron chi connectivity index (χ0n) is 7.49. The first-order valence-corrected chi connectivity index (χ1v) is 4.61. The molecule has 0 radical (unpaired) electrons. The van der Waals surface area contributed by atoms with Crippen LogP contribution in [0.5, 0.6) is 0 Å². The van der Waals surface area contributed by atoms with Crippen molar-refractivity contribution in [3.8, 4) is 0 Å². The number of aromatic nitrogens is 1. The fourth-order valence-electron chi connectivity index (χ4n) is 0.781. The summed E-state index contributed by atoms with van der Waals surface area (Å²) in [5, 5.41) is 8.34. The van der Waals surface area contributed by atoms with Gasteiger partial charge in [0.15, 0.2) is 5.82 Å². The summed E-state index contributed by atoms with van der Waals surface area (Å²) in [6.07, 6.45) is -3.80. The number of pyridine rings is 1. The van der Waals surface area contributed by atoms with Gasteiger partial charge in [0.25, 0.3) is 0 Å². The Hall–Kier alpha value is -1.44. The highest BCUT2D eigenvalue weighted by molar-refractivity contribution is 9.10. The van der Waals surface area contributed by atoms with Gasteiger partial charge >= 0.3 is 12.1 Å². The maximum atomic E-state index is 12.2. The second-order valence-electron chi connectivity index (χ2n) is 2.60. The molecule has 0 aromatic carbocycles. The van der Waals surface area contributed by atoms with Crippen molar-refractivity contribution in [2.75, 3.05) is 0 Å². The molecule has 16 heavy (non-hydrogen) atoms. The second-order valence-corrected chi connectivity index (χ2v) is 3.51. The largest absolute Gasteiger partial charge is 0.477 e. The normalized spacial score (nSPS) is 12.6. The Bertz CT molecular complexity index is 428. The zero-order valence-corrected chi connectivity index (χ0v) is 9.08. The molecule has 1 heterocycles. The molecular weight excluding hydrogens is 293 g/mol. The van der Waals surface area contributed by atoms with Crippen LogP contribution in [0.2, 0.25) is 0 Å². The van der Waals surface area contributed by atoms with Gasteiger partial charge in [-0.2, -0.15) is 13.2 Å². The van der Waals surface area contributed by atoms with E-state index in [1.807, 2.05) is 0 Å². The van der Waals surface area contributed by atoms with Crippen molar-refractivity contribution < 1.29 is 23.1 Å². The molecule has 0 unspecified atom stereocenters. The summed E-state index contributed by atoms with van der Waals surface area (Å²) in [5.74, 6) is -2.46. The van der Waals surface area contributed by atoms with Crippen molar-refractivity contribution in [1.82, 2.24) is 4.98 Å². The van der Waals surface area contributed by atoms with Gasteiger partial charge in [-0.25, -0.2) is 14.8 Å². The van der Waals surface area contributed by atoms with Crippen molar-refractivity contribution in [2.45, 2.75) is 6.18 Å². The summed E-state index contributed by atoms with van der Waals surface area (Å²) >= 11 is 3.03. The molecule has 4 nitrogen and oxygen atoms in total. The molecule has 0 aliphatic carbocycles. The molecule has 0 amide bonds. The molecule has 1 aromatic rings. The molecule has 86 valence electrons. The topological polar surface area (TPSA) is 62.5 Å². The van der Waals surface area contributed by atoms with E-state index in [1.54, 1.807) is 0 Å². The van der Waals surface area contributed by atoms with Gasteiger partial charge in [-0.1, -0.05) is 0 Å². The average molecular weight is 297 g/mol. The van der Waals surface area contributed by atoms with Crippen LogP contribution in [0.25, 0.3) is 0 Å². The Balaban J connectivity index is 3.13. The first kappa shape index (κ1) is 12.6. The van der Waals surface area contributed by atoms with Gasteiger partial charge in [0.1, 0.15) is 0 Å². The summed E-state index contributed by atoms with van der Waals surface area (Å²) in [6.45, 7) is 0. The Morgan fingerprint density at radius 2 is 2.06 bits per heavy atom. The standard InChI is InChI=1S/C8H4BrF3N2O2/c9-4-1-2-5(13-3-4)14-6(7(15)16)8(10,11)12/h1-3H,(H,15,16)/b14-6-. The molecule has 0 aliphatic heterocycles. The SMILES string of the molecule is O=C(O)/C(=N/c1ccc(Br)cn1)C(F)(F)F. The lowest BCUT2D eigenvalue weighted by Gasteiger charge is -2.05. The number of carboxylic acid groups (broad SMARTS) is 1. The molecule has 1 aromatic heterocycles. The van der Waals surface area contributed by atoms with Crippen LogP contribution in [-0.4, -0.2) is 27.9 Å². The third kappa shape index (κ3) is 3.30. The summed E-state index contributed by atoms with van der Waals surface area (Å²) in [4.78, 5) is 16.8. The summed E-state index contributed by atoms with van der Waals surface area (Å²) in [7, 11) is 0. The van der Waals surface area contributed by atoms with E-state index < -0.39 is 17.9 Å². The van der Waals surface area contributed by atoms with Crippen LogP contribution in [0.4, 0.5) is 19.0 Å². The smallest absolute Gasteiger partial charge is 0.440 e. The Kier molecular flexibility index (Phi) is 3.63. The van der Waals surface area contributed by atoms with Crippen molar-refractivity contribution >= 4 is 33.4 Å². The number of hydrogen-bond acceptors (Lipinski definition) is 3. The summed E-state index contributed by atoms with van der Waals surface area (Å²) in [6, 6.07) is 2.57. The maximum absolute atomic E-state index is 12.2. The number of nitrogens with zero attached hydrogens (tertiary/aromatic N) is 2. The minimum absolute atomic E-state index is 0.321. The van der Waals surface area contributed by atoms with E-state index in [0.29, 0.717) is 4.47 Å². The van der Waals surface area contributed by atoms with Crippen molar-refractivity contribution in [3.05, 3.63) is 22.8 Å². The predicted octanol–water partition coefficient (Wildman–Crippen LogP) is 2.56. The number of carboxylic acids is 1. The highest BCUT2D eigenvalue weighted by atomic mass is 79.9. The minimum Gasteiger partial charge on any atom is -0.477 e. The maximum Gasteiger partial charge on any atom is 0.440 e. The average Bonchev–Trinajstić information content (AvgIpc) is 2.14. The van der Waals surface area contributed by atoms with E-state index in [2.05, 4.69) is 25.9 Å². The van der Waals surface area contributed by atoms with E-state index in [9.17, 15) is 18.0 Å². The van der Waals surface area contributed by atoms with Crippen LogP contribution in [0.1, 0.15) is 0 Å². The lowest BCUT2D eigenvalue weighted by atomic mass is 10.3. The lowest BCUT2D eigenvalue weighted by molar-refractivity contribution is -0.133. The summed E-state index contributed by atoms with van der Waals surface area (Å²) in [5.41, 5.74) is -1.90. The molecule has 0 fully saturated rings. The fourth-order valence-corrected chi connectivity index (χ4v) is 1.02. The van der Waals surface area contributed by atoms with Crippen LogP contribution in [0, 0.1) is 0 Å². The highest BCUT2D eigenvalue weighted by Gasteiger charge is 2.41. The van der Waals surface area contributed by atoms with Crippen LogP contribution in [0.15, 0.2) is 27.8 Å². The van der Waals surface area contributed by atoms with Gasteiger partial charge in [0.2, 0.25) is 5.71 Å². The van der Waals surface area contributed by atoms with Gasteiger partial charge in [0.05, 0.1) is 0 Å². The minimum atomic E-state index is -5.01. The Labute approximate surface area is 96.0 Å². The Morgan fingerprint density at radius 3 is 2.44 bits per heavy atom. The molecule has 0 saturated carbocycles. The van der Waals surface area contributed by atoms with Gasteiger partial charge in [-0.3, -0.25) is 0 Å². The quantitative estimate of drug-likeness (QED) is 0.853. The van der Waals surface area contributed by atoms with Gasteiger partial charge in [-0.15, -0.1) is 0 Å². The molecule has 0 atom stereocenters. The Morgan fingerprint density at radius 1 is 1.44 bits per heavy atom.